The van der Waals surface area contributed by atoms with Crippen LogP contribution in [-0.2, 0) is 10.0 Å². The van der Waals surface area contributed by atoms with Gasteiger partial charge in [-0.05, 0) is 44.7 Å². The number of benzene rings is 1. The third-order valence-corrected chi connectivity index (χ3v) is 5.08. The molecule has 2 rings (SSSR count). The average molecular weight is 297 g/mol. The van der Waals surface area contributed by atoms with Crippen LogP contribution in [0.2, 0.25) is 0 Å². The molecule has 1 saturated carbocycles. The third-order valence-electron chi connectivity index (χ3n) is 3.54. The molecule has 20 heavy (non-hydrogen) atoms. The highest BCUT2D eigenvalue weighted by atomic mass is 32.2. The van der Waals surface area contributed by atoms with Gasteiger partial charge >= 0.3 is 0 Å². The highest BCUT2D eigenvalue weighted by Gasteiger charge is 2.25. The lowest BCUT2D eigenvalue weighted by Gasteiger charge is -2.26. The van der Waals surface area contributed by atoms with Gasteiger partial charge in [0.1, 0.15) is 0 Å². The monoisotopic (exact) mass is 297 g/mol. The highest BCUT2D eigenvalue weighted by Crippen LogP contribution is 2.20. The molecule has 0 amide bonds. The fourth-order valence-corrected chi connectivity index (χ4v) is 3.71. The lowest BCUT2D eigenvalue weighted by molar-refractivity contribution is 0.101. The van der Waals surface area contributed by atoms with Gasteiger partial charge in [0.05, 0.1) is 11.0 Å². The van der Waals surface area contributed by atoms with E-state index in [-0.39, 0.29) is 16.7 Å². The molecular weight excluding hydrogens is 278 g/mol. The first kappa shape index (κ1) is 15.2. The molecule has 0 radical (unpaired) electrons. The lowest BCUT2D eigenvalue weighted by atomic mass is 9.94. The molecule has 1 aromatic carbocycles. The van der Waals surface area contributed by atoms with E-state index < -0.39 is 16.1 Å². The standard InChI is InChI=1S/C14H19NO4S/c1-10(16)11-5-7-14(8-6-11)20(18,19)15-12-3-2-4-13(17)9-12/h5-8,12-13,15,17H,2-4,9H2,1H3/t12-,13+/m0/s1. The molecule has 110 valence electrons. The van der Waals surface area contributed by atoms with Crippen LogP contribution >= 0.6 is 0 Å². The minimum atomic E-state index is -3.60. The Bertz CT molecular complexity index is 580. The largest absolute Gasteiger partial charge is 0.393 e. The van der Waals surface area contributed by atoms with Crippen molar-refractivity contribution in [3.05, 3.63) is 29.8 Å². The highest BCUT2D eigenvalue weighted by molar-refractivity contribution is 7.89. The number of hydrogen-bond donors (Lipinski definition) is 2. The molecule has 0 heterocycles. The van der Waals surface area contributed by atoms with Gasteiger partial charge < -0.3 is 5.11 Å². The van der Waals surface area contributed by atoms with E-state index in [0.29, 0.717) is 12.0 Å². The molecule has 0 aliphatic heterocycles. The number of rotatable bonds is 4. The summed E-state index contributed by atoms with van der Waals surface area (Å²) in [6.45, 7) is 1.44. The van der Waals surface area contributed by atoms with Crippen molar-refractivity contribution in [3.63, 3.8) is 0 Å². The van der Waals surface area contributed by atoms with Gasteiger partial charge in [-0.1, -0.05) is 12.1 Å². The number of carbonyl (C=O) groups excluding carboxylic acids is 1. The zero-order chi connectivity index (χ0) is 14.8. The van der Waals surface area contributed by atoms with Crippen molar-refractivity contribution in [1.29, 1.82) is 0 Å². The van der Waals surface area contributed by atoms with Crippen molar-refractivity contribution in [2.75, 3.05) is 0 Å². The number of Topliss-reactive ketones (excluding diaryl/α,β-unsaturated/α-hetero) is 1. The van der Waals surface area contributed by atoms with Gasteiger partial charge in [-0.25, -0.2) is 13.1 Å². The molecule has 0 unspecified atom stereocenters. The Hall–Kier alpha value is -1.24. The predicted molar refractivity (Wildman–Crippen MR) is 75.0 cm³/mol. The van der Waals surface area contributed by atoms with Crippen LogP contribution in [0, 0.1) is 0 Å². The Labute approximate surface area is 119 Å². The zero-order valence-corrected chi connectivity index (χ0v) is 12.2. The molecule has 0 spiro atoms. The number of ketones is 1. The first-order chi connectivity index (χ1) is 9.38. The Morgan fingerprint density at radius 3 is 2.45 bits per heavy atom. The maximum absolute atomic E-state index is 12.2. The summed E-state index contributed by atoms with van der Waals surface area (Å²) in [4.78, 5) is 11.3. The van der Waals surface area contributed by atoms with Crippen LogP contribution < -0.4 is 4.72 Å². The molecule has 2 atom stereocenters. The van der Waals surface area contributed by atoms with Crippen LogP contribution in [0.4, 0.5) is 0 Å². The van der Waals surface area contributed by atoms with Gasteiger partial charge in [0.25, 0.3) is 0 Å². The average Bonchev–Trinajstić information content (AvgIpc) is 2.38. The molecule has 5 nitrogen and oxygen atoms in total. The van der Waals surface area contributed by atoms with Gasteiger partial charge in [0, 0.05) is 11.6 Å². The van der Waals surface area contributed by atoms with Crippen molar-refractivity contribution >= 4 is 15.8 Å². The Kier molecular flexibility index (Phi) is 4.57. The van der Waals surface area contributed by atoms with Gasteiger partial charge in [-0.15, -0.1) is 0 Å². The molecule has 0 aromatic heterocycles. The fraction of sp³-hybridized carbons (Fsp3) is 0.500. The first-order valence-corrected chi connectivity index (χ1v) is 8.18. The summed E-state index contributed by atoms with van der Waals surface area (Å²) >= 11 is 0. The van der Waals surface area contributed by atoms with Crippen LogP contribution in [0.25, 0.3) is 0 Å². The molecule has 6 heteroatoms. The van der Waals surface area contributed by atoms with Crippen molar-refractivity contribution in [2.45, 2.75) is 49.6 Å². The summed E-state index contributed by atoms with van der Waals surface area (Å²) in [6, 6.07) is 5.65. The smallest absolute Gasteiger partial charge is 0.240 e. The van der Waals surface area contributed by atoms with E-state index >= 15 is 0 Å². The molecule has 1 aromatic rings. The molecule has 1 fully saturated rings. The Morgan fingerprint density at radius 1 is 1.25 bits per heavy atom. The van der Waals surface area contributed by atoms with Crippen LogP contribution in [0.1, 0.15) is 43.0 Å². The Morgan fingerprint density at radius 2 is 1.90 bits per heavy atom. The van der Waals surface area contributed by atoms with E-state index in [1.165, 1.54) is 31.2 Å². The van der Waals surface area contributed by atoms with Crippen molar-refractivity contribution in [1.82, 2.24) is 4.72 Å². The summed E-state index contributed by atoms with van der Waals surface area (Å²) in [5.41, 5.74) is 0.483. The zero-order valence-electron chi connectivity index (χ0n) is 11.4. The number of carbonyl (C=O) groups is 1. The molecule has 1 aliphatic carbocycles. The van der Waals surface area contributed by atoms with E-state index in [9.17, 15) is 18.3 Å². The molecule has 1 aliphatic rings. The molecule has 0 bridgehead atoms. The van der Waals surface area contributed by atoms with Crippen LogP contribution in [-0.4, -0.2) is 31.5 Å². The van der Waals surface area contributed by atoms with Crippen molar-refractivity contribution < 1.29 is 18.3 Å². The second kappa shape index (κ2) is 6.03. The normalized spacial score (nSPS) is 23.5. The quantitative estimate of drug-likeness (QED) is 0.824. The van der Waals surface area contributed by atoms with E-state index in [0.717, 1.165) is 19.3 Å². The maximum atomic E-state index is 12.2. The van der Waals surface area contributed by atoms with Gasteiger partial charge in [-0.2, -0.15) is 0 Å². The second-order valence-electron chi connectivity index (χ2n) is 5.22. The Balaban J connectivity index is 2.11. The third kappa shape index (κ3) is 3.65. The maximum Gasteiger partial charge on any atom is 0.240 e. The number of nitrogens with one attached hydrogen (secondary N) is 1. The van der Waals surface area contributed by atoms with Gasteiger partial charge in [-0.3, -0.25) is 4.79 Å². The number of sulfonamides is 1. The van der Waals surface area contributed by atoms with Gasteiger partial charge in [0.15, 0.2) is 5.78 Å². The topological polar surface area (TPSA) is 83.5 Å². The predicted octanol–water partition coefficient (Wildman–Crippen LogP) is 1.47. The van der Waals surface area contributed by atoms with E-state index in [1.807, 2.05) is 0 Å². The number of hydrogen-bond acceptors (Lipinski definition) is 4. The lowest BCUT2D eigenvalue weighted by Crippen LogP contribution is -2.39. The summed E-state index contributed by atoms with van der Waals surface area (Å²) in [6.07, 6.45) is 2.30. The fourth-order valence-electron chi connectivity index (χ4n) is 2.43. The van der Waals surface area contributed by atoms with Crippen LogP contribution in [0.5, 0.6) is 0 Å². The number of aliphatic hydroxyl groups excluding tert-OH is 1. The van der Waals surface area contributed by atoms with E-state index in [1.54, 1.807) is 0 Å². The van der Waals surface area contributed by atoms with E-state index in [4.69, 9.17) is 0 Å². The minimum absolute atomic E-state index is 0.0997. The minimum Gasteiger partial charge on any atom is -0.393 e. The molecular formula is C14H19NO4S. The molecule has 2 N–H and O–H groups in total. The van der Waals surface area contributed by atoms with Crippen LogP contribution in [0.15, 0.2) is 29.2 Å². The summed E-state index contributed by atoms with van der Waals surface area (Å²) in [7, 11) is -3.60. The second-order valence-corrected chi connectivity index (χ2v) is 6.93. The van der Waals surface area contributed by atoms with E-state index in [2.05, 4.69) is 4.72 Å². The molecule has 0 saturated heterocycles. The SMILES string of the molecule is CC(=O)c1ccc(S(=O)(=O)N[C@H]2CCC[C@@H](O)C2)cc1. The summed E-state index contributed by atoms with van der Waals surface area (Å²) in [5.74, 6) is -0.0997. The van der Waals surface area contributed by atoms with Crippen molar-refractivity contribution in [2.24, 2.45) is 0 Å². The van der Waals surface area contributed by atoms with Crippen LogP contribution in [0.3, 0.4) is 0 Å². The number of aliphatic hydroxyl groups is 1. The first-order valence-electron chi connectivity index (χ1n) is 6.70. The van der Waals surface area contributed by atoms with Crippen molar-refractivity contribution in [3.8, 4) is 0 Å². The van der Waals surface area contributed by atoms with Gasteiger partial charge in [0.2, 0.25) is 10.0 Å². The summed E-state index contributed by atoms with van der Waals surface area (Å²) in [5, 5.41) is 9.57. The summed E-state index contributed by atoms with van der Waals surface area (Å²) < 4.78 is 27.0.